The fourth-order valence-corrected chi connectivity index (χ4v) is 2.86. The summed E-state index contributed by atoms with van der Waals surface area (Å²) >= 11 is 0. The van der Waals surface area contributed by atoms with E-state index in [1.165, 1.54) is 5.56 Å². The number of benzene rings is 1. The van der Waals surface area contributed by atoms with Crippen molar-refractivity contribution >= 4 is 6.03 Å². The van der Waals surface area contributed by atoms with E-state index in [1.54, 1.807) is 10.9 Å². The zero-order valence-electron chi connectivity index (χ0n) is 13.0. The number of amides is 2. The molecular formula is C17H22N4O2. The summed E-state index contributed by atoms with van der Waals surface area (Å²) in [6.07, 6.45) is 4.64. The molecule has 0 aliphatic carbocycles. The number of rotatable bonds is 6. The summed E-state index contributed by atoms with van der Waals surface area (Å²) in [4.78, 5) is 11.9. The minimum Gasteiger partial charge on any atom is -0.373 e. The van der Waals surface area contributed by atoms with E-state index in [1.807, 2.05) is 30.5 Å². The average Bonchev–Trinajstić information content (AvgIpc) is 3.25. The van der Waals surface area contributed by atoms with Gasteiger partial charge in [0.2, 0.25) is 0 Å². The molecule has 2 N–H and O–H groups in total. The molecule has 1 saturated heterocycles. The number of carbonyl (C=O) groups excluding carboxylic acids is 1. The molecule has 23 heavy (non-hydrogen) atoms. The van der Waals surface area contributed by atoms with Crippen molar-refractivity contribution in [3.63, 3.8) is 0 Å². The zero-order valence-corrected chi connectivity index (χ0v) is 13.0. The van der Waals surface area contributed by atoms with Crippen LogP contribution in [0.2, 0.25) is 0 Å². The molecule has 6 nitrogen and oxygen atoms in total. The van der Waals surface area contributed by atoms with Gasteiger partial charge in [0.25, 0.3) is 0 Å². The van der Waals surface area contributed by atoms with Crippen LogP contribution in [0.5, 0.6) is 0 Å². The van der Waals surface area contributed by atoms with Crippen molar-refractivity contribution in [2.45, 2.75) is 19.1 Å². The van der Waals surface area contributed by atoms with Gasteiger partial charge in [-0.15, -0.1) is 0 Å². The number of hydrogen-bond donors (Lipinski definition) is 2. The Morgan fingerprint density at radius 3 is 2.91 bits per heavy atom. The number of hydrogen-bond acceptors (Lipinski definition) is 3. The molecule has 1 aromatic heterocycles. The highest BCUT2D eigenvalue weighted by Crippen LogP contribution is 2.33. The van der Waals surface area contributed by atoms with Gasteiger partial charge in [0, 0.05) is 38.0 Å². The topological polar surface area (TPSA) is 68.2 Å². The van der Waals surface area contributed by atoms with E-state index in [0.717, 1.165) is 13.0 Å². The Kier molecular flexibility index (Phi) is 5.26. The largest absolute Gasteiger partial charge is 0.373 e. The van der Waals surface area contributed by atoms with Crippen LogP contribution in [0.4, 0.5) is 4.79 Å². The molecule has 0 bridgehead atoms. The highest BCUT2D eigenvalue weighted by atomic mass is 16.5. The van der Waals surface area contributed by atoms with Crippen molar-refractivity contribution in [2.75, 3.05) is 19.7 Å². The van der Waals surface area contributed by atoms with E-state index in [9.17, 15) is 4.79 Å². The van der Waals surface area contributed by atoms with E-state index >= 15 is 0 Å². The molecule has 1 fully saturated rings. The molecule has 1 aliphatic rings. The van der Waals surface area contributed by atoms with Gasteiger partial charge in [-0.1, -0.05) is 30.3 Å². The van der Waals surface area contributed by atoms with Gasteiger partial charge in [0.15, 0.2) is 0 Å². The van der Waals surface area contributed by atoms with Crippen LogP contribution in [-0.2, 0) is 11.3 Å². The van der Waals surface area contributed by atoms with Crippen LogP contribution in [0, 0.1) is 5.92 Å². The monoisotopic (exact) mass is 314 g/mol. The fourth-order valence-electron chi connectivity index (χ4n) is 2.86. The molecule has 0 unspecified atom stereocenters. The summed E-state index contributed by atoms with van der Waals surface area (Å²) < 4.78 is 7.62. The van der Waals surface area contributed by atoms with Crippen LogP contribution >= 0.6 is 0 Å². The van der Waals surface area contributed by atoms with Crippen LogP contribution < -0.4 is 10.6 Å². The SMILES string of the molecule is O=C(NCCn1cccn1)NC[C@@H]1CCO[C@H]1c1ccccc1. The third-order valence-electron chi connectivity index (χ3n) is 4.05. The number of nitrogens with zero attached hydrogens (tertiary/aromatic N) is 2. The zero-order chi connectivity index (χ0) is 15.9. The highest BCUT2D eigenvalue weighted by Gasteiger charge is 2.29. The Balaban J connectivity index is 1.41. The normalized spacial score (nSPS) is 20.3. The van der Waals surface area contributed by atoms with Crippen LogP contribution in [0.15, 0.2) is 48.8 Å². The molecule has 0 saturated carbocycles. The van der Waals surface area contributed by atoms with Gasteiger partial charge in [-0.05, 0) is 18.1 Å². The maximum atomic E-state index is 11.9. The Morgan fingerprint density at radius 1 is 1.26 bits per heavy atom. The molecule has 6 heteroatoms. The lowest BCUT2D eigenvalue weighted by Crippen LogP contribution is -2.40. The Bertz CT molecular complexity index is 600. The molecule has 2 amide bonds. The molecule has 1 aliphatic heterocycles. The third-order valence-corrected chi connectivity index (χ3v) is 4.05. The number of carbonyl (C=O) groups is 1. The third kappa shape index (κ3) is 4.32. The summed E-state index contributed by atoms with van der Waals surface area (Å²) in [5, 5.41) is 9.89. The minimum absolute atomic E-state index is 0.0700. The first-order chi connectivity index (χ1) is 11.3. The second kappa shape index (κ2) is 7.78. The van der Waals surface area contributed by atoms with Gasteiger partial charge in [-0.2, -0.15) is 5.10 Å². The Morgan fingerprint density at radius 2 is 2.13 bits per heavy atom. The molecule has 0 spiro atoms. The van der Waals surface area contributed by atoms with Gasteiger partial charge < -0.3 is 15.4 Å². The van der Waals surface area contributed by atoms with Gasteiger partial charge in [-0.25, -0.2) is 4.79 Å². The first-order valence-electron chi connectivity index (χ1n) is 7.98. The number of ether oxygens (including phenoxy) is 1. The van der Waals surface area contributed by atoms with Crippen molar-refractivity contribution in [3.05, 3.63) is 54.4 Å². The standard InChI is InChI=1S/C17H22N4O2/c22-17(18-9-11-21-10-4-8-20-21)19-13-15-7-12-23-16(15)14-5-2-1-3-6-14/h1-6,8,10,15-16H,7,9,11-13H2,(H2,18,19,22)/t15-,16-/m0/s1. The summed E-state index contributed by atoms with van der Waals surface area (Å²) in [7, 11) is 0. The van der Waals surface area contributed by atoms with Crippen LogP contribution in [-0.4, -0.2) is 35.5 Å². The maximum Gasteiger partial charge on any atom is 0.314 e. The van der Waals surface area contributed by atoms with Crippen molar-refractivity contribution in [1.82, 2.24) is 20.4 Å². The molecular weight excluding hydrogens is 292 g/mol. The quantitative estimate of drug-likeness (QED) is 0.856. The second-order valence-corrected chi connectivity index (χ2v) is 5.66. The Labute approximate surface area is 135 Å². The lowest BCUT2D eigenvalue weighted by atomic mass is 9.95. The van der Waals surface area contributed by atoms with E-state index in [0.29, 0.717) is 25.6 Å². The van der Waals surface area contributed by atoms with Gasteiger partial charge >= 0.3 is 6.03 Å². The number of urea groups is 1. The predicted molar refractivity (Wildman–Crippen MR) is 86.9 cm³/mol. The molecule has 3 rings (SSSR count). The minimum atomic E-state index is -0.143. The first kappa shape index (κ1) is 15.6. The molecule has 122 valence electrons. The highest BCUT2D eigenvalue weighted by molar-refractivity contribution is 5.73. The number of nitrogens with one attached hydrogen (secondary N) is 2. The molecule has 0 radical (unpaired) electrons. The summed E-state index contributed by atoms with van der Waals surface area (Å²) in [6.45, 7) is 2.58. The van der Waals surface area contributed by atoms with Crippen molar-refractivity contribution in [2.24, 2.45) is 5.92 Å². The molecule has 2 atom stereocenters. The smallest absolute Gasteiger partial charge is 0.314 e. The van der Waals surface area contributed by atoms with Crippen molar-refractivity contribution < 1.29 is 9.53 Å². The van der Waals surface area contributed by atoms with Gasteiger partial charge in [-0.3, -0.25) is 4.68 Å². The maximum absolute atomic E-state index is 11.9. The summed E-state index contributed by atoms with van der Waals surface area (Å²) in [5.41, 5.74) is 1.18. The van der Waals surface area contributed by atoms with Gasteiger partial charge in [0.05, 0.1) is 12.6 Å². The average molecular weight is 314 g/mol. The van der Waals surface area contributed by atoms with E-state index in [2.05, 4.69) is 27.9 Å². The first-order valence-corrected chi connectivity index (χ1v) is 7.98. The van der Waals surface area contributed by atoms with Crippen molar-refractivity contribution in [3.8, 4) is 0 Å². The summed E-state index contributed by atoms with van der Waals surface area (Å²) in [5.74, 6) is 0.314. The lowest BCUT2D eigenvalue weighted by Gasteiger charge is -2.19. The molecule has 2 aromatic rings. The van der Waals surface area contributed by atoms with Crippen LogP contribution in [0.3, 0.4) is 0 Å². The molecule has 2 heterocycles. The van der Waals surface area contributed by atoms with Crippen LogP contribution in [0.25, 0.3) is 0 Å². The second-order valence-electron chi connectivity index (χ2n) is 5.66. The van der Waals surface area contributed by atoms with E-state index in [-0.39, 0.29) is 12.1 Å². The van der Waals surface area contributed by atoms with Gasteiger partial charge in [0.1, 0.15) is 0 Å². The number of aromatic nitrogens is 2. The Hall–Kier alpha value is -2.34. The van der Waals surface area contributed by atoms with E-state index < -0.39 is 0 Å². The predicted octanol–water partition coefficient (Wildman–Crippen LogP) is 1.96. The van der Waals surface area contributed by atoms with E-state index in [4.69, 9.17) is 4.74 Å². The lowest BCUT2D eigenvalue weighted by molar-refractivity contribution is 0.0910. The summed E-state index contributed by atoms with van der Waals surface area (Å²) in [6, 6.07) is 11.9. The molecule has 1 aromatic carbocycles. The van der Waals surface area contributed by atoms with Crippen molar-refractivity contribution in [1.29, 1.82) is 0 Å². The van der Waals surface area contributed by atoms with Crippen LogP contribution in [0.1, 0.15) is 18.1 Å². The fraction of sp³-hybridized carbons (Fsp3) is 0.412.